The van der Waals surface area contributed by atoms with E-state index in [2.05, 4.69) is 10.6 Å². The Balaban J connectivity index is 2.44. The molecule has 0 aromatic rings. The Labute approximate surface area is 96.6 Å². The molecule has 0 saturated carbocycles. The first-order valence-electron chi connectivity index (χ1n) is 5.68. The molecule has 1 heterocycles. The summed E-state index contributed by atoms with van der Waals surface area (Å²) in [5.74, 6) is 0.133. The van der Waals surface area contributed by atoms with Crippen LogP contribution in [0.3, 0.4) is 0 Å². The maximum atomic E-state index is 11.5. The SMILES string of the molecule is C[C@H]1CNC[C@@H](NC(=O)OC(C)(C)C)[C@@H]1O. The average molecular weight is 230 g/mol. The number of hydrogen-bond donors (Lipinski definition) is 3. The highest BCUT2D eigenvalue weighted by molar-refractivity contribution is 5.68. The van der Waals surface area contributed by atoms with E-state index in [9.17, 15) is 9.90 Å². The molecule has 3 N–H and O–H groups in total. The molecule has 5 heteroatoms. The van der Waals surface area contributed by atoms with Gasteiger partial charge in [-0.3, -0.25) is 0 Å². The van der Waals surface area contributed by atoms with Gasteiger partial charge in [0.1, 0.15) is 5.60 Å². The van der Waals surface area contributed by atoms with E-state index < -0.39 is 17.8 Å². The number of ether oxygens (including phenoxy) is 1. The van der Waals surface area contributed by atoms with Crippen molar-refractivity contribution in [1.29, 1.82) is 0 Å². The largest absolute Gasteiger partial charge is 0.444 e. The lowest BCUT2D eigenvalue weighted by molar-refractivity contribution is 0.0265. The third kappa shape index (κ3) is 3.98. The first kappa shape index (κ1) is 13.3. The number of rotatable bonds is 1. The zero-order chi connectivity index (χ0) is 12.3. The quantitative estimate of drug-likeness (QED) is 0.613. The maximum Gasteiger partial charge on any atom is 0.408 e. The highest BCUT2D eigenvalue weighted by Crippen LogP contribution is 2.12. The molecular formula is C11H22N2O3. The predicted molar refractivity (Wildman–Crippen MR) is 61.2 cm³/mol. The molecule has 1 aliphatic rings. The molecule has 0 spiro atoms. The van der Waals surface area contributed by atoms with Gasteiger partial charge in [-0.1, -0.05) is 6.92 Å². The maximum absolute atomic E-state index is 11.5. The number of nitrogens with one attached hydrogen (secondary N) is 2. The predicted octanol–water partition coefficient (Wildman–Crippen LogP) is 0.480. The number of aliphatic hydroxyl groups excluding tert-OH is 1. The van der Waals surface area contributed by atoms with Crippen LogP contribution in [0.1, 0.15) is 27.7 Å². The molecule has 1 amide bonds. The molecule has 1 rings (SSSR count). The summed E-state index contributed by atoms with van der Waals surface area (Å²) < 4.78 is 5.14. The molecule has 0 unspecified atom stereocenters. The molecule has 1 fully saturated rings. The molecular weight excluding hydrogens is 208 g/mol. The second-order valence-corrected chi connectivity index (χ2v) is 5.38. The van der Waals surface area contributed by atoms with Gasteiger partial charge >= 0.3 is 6.09 Å². The summed E-state index contributed by atoms with van der Waals surface area (Å²) in [6.07, 6.45) is -0.999. The molecule has 0 aromatic heterocycles. The molecule has 1 saturated heterocycles. The third-order valence-electron chi connectivity index (χ3n) is 2.53. The summed E-state index contributed by atoms with van der Waals surface area (Å²) in [7, 11) is 0. The number of amides is 1. The van der Waals surface area contributed by atoms with Gasteiger partial charge < -0.3 is 20.5 Å². The van der Waals surface area contributed by atoms with E-state index in [0.717, 1.165) is 6.54 Å². The van der Waals surface area contributed by atoms with Crippen molar-refractivity contribution in [2.24, 2.45) is 5.92 Å². The monoisotopic (exact) mass is 230 g/mol. The second kappa shape index (κ2) is 5.01. The number of carbonyl (C=O) groups is 1. The Morgan fingerprint density at radius 2 is 2.06 bits per heavy atom. The molecule has 94 valence electrons. The Morgan fingerprint density at radius 3 is 2.62 bits per heavy atom. The van der Waals surface area contributed by atoms with Crippen LogP contribution in [-0.4, -0.2) is 42.0 Å². The highest BCUT2D eigenvalue weighted by atomic mass is 16.6. The van der Waals surface area contributed by atoms with Gasteiger partial charge in [-0.25, -0.2) is 4.79 Å². The summed E-state index contributed by atoms with van der Waals surface area (Å²) in [5.41, 5.74) is -0.511. The van der Waals surface area contributed by atoms with Crippen molar-refractivity contribution in [3.63, 3.8) is 0 Å². The van der Waals surface area contributed by atoms with Crippen molar-refractivity contribution in [3.05, 3.63) is 0 Å². The van der Waals surface area contributed by atoms with Crippen LogP contribution >= 0.6 is 0 Å². The van der Waals surface area contributed by atoms with E-state index in [1.165, 1.54) is 0 Å². The fourth-order valence-electron chi connectivity index (χ4n) is 1.70. The lowest BCUT2D eigenvalue weighted by atomic mass is 9.94. The van der Waals surface area contributed by atoms with E-state index >= 15 is 0 Å². The van der Waals surface area contributed by atoms with Crippen LogP contribution in [0.2, 0.25) is 0 Å². The zero-order valence-electron chi connectivity index (χ0n) is 10.4. The number of carbonyl (C=O) groups excluding carboxylic acids is 1. The van der Waals surface area contributed by atoms with Crippen LogP contribution in [0, 0.1) is 5.92 Å². The van der Waals surface area contributed by atoms with E-state index in [4.69, 9.17) is 4.74 Å². The van der Waals surface area contributed by atoms with E-state index in [0.29, 0.717) is 6.54 Å². The lowest BCUT2D eigenvalue weighted by Gasteiger charge is -2.34. The van der Waals surface area contributed by atoms with Gasteiger partial charge in [0.2, 0.25) is 0 Å². The molecule has 0 bridgehead atoms. The van der Waals surface area contributed by atoms with Crippen LogP contribution < -0.4 is 10.6 Å². The molecule has 0 aromatic carbocycles. The summed E-state index contributed by atoms with van der Waals surface area (Å²) in [4.78, 5) is 11.5. The van der Waals surface area contributed by atoms with E-state index in [1.807, 2.05) is 27.7 Å². The lowest BCUT2D eigenvalue weighted by Crippen LogP contribution is -2.57. The number of alkyl carbamates (subject to hydrolysis) is 1. The first-order valence-corrected chi connectivity index (χ1v) is 5.68. The Kier molecular flexibility index (Phi) is 4.15. The molecule has 0 radical (unpaired) electrons. The van der Waals surface area contributed by atoms with Crippen LogP contribution in [0.15, 0.2) is 0 Å². The average Bonchev–Trinajstić information content (AvgIpc) is 2.09. The molecule has 5 nitrogen and oxygen atoms in total. The van der Waals surface area contributed by atoms with Gasteiger partial charge in [-0.15, -0.1) is 0 Å². The Morgan fingerprint density at radius 1 is 1.44 bits per heavy atom. The molecule has 1 aliphatic heterocycles. The number of aliphatic hydroxyl groups is 1. The summed E-state index contributed by atoms with van der Waals surface area (Å²) in [6.45, 7) is 8.72. The summed E-state index contributed by atoms with van der Waals surface area (Å²) in [6, 6.07) is -0.279. The fourth-order valence-corrected chi connectivity index (χ4v) is 1.70. The Bertz CT molecular complexity index is 250. The normalized spacial score (nSPS) is 30.9. The number of piperidine rings is 1. The van der Waals surface area contributed by atoms with Crippen molar-refractivity contribution in [1.82, 2.24) is 10.6 Å². The fraction of sp³-hybridized carbons (Fsp3) is 0.909. The highest BCUT2D eigenvalue weighted by Gasteiger charge is 2.31. The van der Waals surface area contributed by atoms with Crippen molar-refractivity contribution < 1.29 is 14.6 Å². The minimum atomic E-state index is -0.520. The molecule has 3 atom stereocenters. The van der Waals surface area contributed by atoms with E-state index in [1.54, 1.807) is 0 Å². The minimum Gasteiger partial charge on any atom is -0.444 e. The molecule has 16 heavy (non-hydrogen) atoms. The molecule has 0 aliphatic carbocycles. The van der Waals surface area contributed by atoms with Gasteiger partial charge in [0, 0.05) is 13.1 Å². The third-order valence-corrected chi connectivity index (χ3v) is 2.53. The Hall–Kier alpha value is -0.810. The van der Waals surface area contributed by atoms with Gasteiger partial charge in [-0.2, -0.15) is 0 Å². The summed E-state index contributed by atoms with van der Waals surface area (Å²) in [5, 5.41) is 15.7. The first-order chi connectivity index (χ1) is 7.29. The standard InChI is InChI=1S/C11H22N2O3/c1-7-5-12-6-8(9(7)14)13-10(15)16-11(2,3)4/h7-9,12,14H,5-6H2,1-4H3,(H,13,15)/t7-,8+,9+/m0/s1. The van der Waals surface area contributed by atoms with Crippen molar-refractivity contribution >= 4 is 6.09 Å². The topological polar surface area (TPSA) is 70.6 Å². The van der Waals surface area contributed by atoms with Crippen LogP contribution in [0.25, 0.3) is 0 Å². The zero-order valence-corrected chi connectivity index (χ0v) is 10.4. The van der Waals surface area contributed by atoms with Crippen molar-refractivity contribution in [3.8, 4) is 0 Å². The van der Waals surface area contributed by atoms with Crippen LogP contribution in [-0.2, 0) is 4.74 Å². The van der Waals surface area contributed by atoms with E-state index in [-0.39, 0.29) is 12.0 Å². The van der Waals surface area contributed by atoms with Gasteiger partial charge in [-0.05, 0) is 26.7 Å². The minimum absolute atomic E-state index is 0.133. The smallest absolute Gasteiger partial charge is 0.408 e. The van der Waals surface area contributed by atoms with Crippen molar-refractivity contribution in [2.75, 3.05) is 13.1 Å². The summed E-state index contributed by atoms with van der Waals surface area (Å²) >= 11 is 0. The van der Waals surface area contributed by atoms with Crippen molar-refractivity contribution in [2.45, 2.75) is 45.4 Å². The van der Waals surface area contributed by atoms with Gasteiger partial charge in [0.25, 0.3) is 0 Å². The van der Waals surface area contributed by atoms with Gasteiger partial charge in [0.05, 0.1) is 12.1 Å². The van der Waals surface area contributed by atoms with Gasteiger partial charge in [0.15, 0.2) is 0 Å². The van der Waals surface area contributed by atoms with Crippen LogP contribution in [0.4, 0.5) is 4.79 Å². The number of hydrogen-bond acceptors (Lipinski definition) is 4. The second-order valence-electron chi connectivity index (χ2n) is 5.38. The van der Waals surface area contributed by atoms with Crippen LogP contribution in [0.5, 0.6) is 0 Å².